The number of benzene rings is 1. The number of nitrogens with two attached hydrogens (primary N) is 1. The Balaban J connectivity index is 2.28. The van der Waals surface area contributed by atoms with Crippen molar-refractivity contribution in [2.45, 2.75) is 44.9 Å². The van der Waals surface area contributed by atoms with Crippen molar-refractivity contribution >= 4 is 15.9 Å². The Hall–Kier alpha value is -0.420. The van der Waals surface area contributed by atoms with E-state index in [4.69, 9.17) is 5.73 Å². The van der Waals surface area contributed by atoms with Crippen LogP contribution in [-0.2, 0) is 0 Å². The topological polar surface area (TPSA) is 32.5 Å². The summed E-state index contributed by atoms with van der Waals surface area (Å²) in [6, 6.07) is 9.93. The van der Waals surface area contributed by atoms with Gasteiger partial charge in [0.2, 0.25) is 0 Å². The molecule has 4 heteroatoms. The second kappa shape index (κ2) is 6.56. The minimum Gasteiger partial charge on any atom is -0.326 e. The maximum absolute atomic E-state index is 6.32. The van der Waals surface area contributed by atoms with Gasteiger partial charge in [0.1, 0.15) is 0 Å². The highest BCUT2D eigenvalue weighted by atomic mass is 79.9. The van der Waals surface area contributed by atoms with Gasteiger partial charge in [0.25, 0.3) is 0 Å². The Morgan fingerprint density at radius 3 is 2.25 bits per heavy atom. The van der Waals surface area contributed by atoms with Crippen LogP contribution in [0.2, 0.25) is 0 Å². The molecule has 1 aliphatic heterocycles. The molecule has 2 rings (SSSR count). The van der Waals surface area contributed by atoms with Crippen LogP contribution in [0, 0.1) is 0 Å². The summed E-state index contributed by atoms with van der Waals surface area (Å²) < 4.78 is 1.15. The lowest BCUT2D eigenvalue weighted by molar-refractivity contribution is 0.0272. The lowest BCUT2D eigenvalue weighted by atomic mass is 9.96. The molecule has 1 heterocycles. The predicted octanol–water partition coefficient (Wildman–Crippen LogP) is 2.86. The molecule has 2 N–H and O–H groups in total. The molecule has 1 aliphatic rings. The molecule has 1 aromatic rings. The molecule has 1 aromatic carbocycles. The fourth-order valence-corrected chi connectivity index (χ4v) is 3.72. The summed E-state index contributed by atoms with van der Waals surface area (Å²) in [5.41, 5.74) is 7.62. The van der Waals surface area contributed by atoms with Gasteiger partial charge >= 0.3 is 0 Å². The smallest absolute Gasteiger partial charge is 0.0508 e. The summed E-state index contributed by atoms with van der Waals surface area (Å²) in [6.45, 7) is 8.82. The van der Waals surface area contributed by atoms with E-state index in [2.05, 4.69) is 77.8 Å². The van der Waals surface area contributed by atoms with E-state index in [9.17, 15) is 0 Å². The summed E-state index contributed by atoms with van der Waals surface area (Å²) in [6.07, 6.45) is 0. The van der Waals surface area contributed by atoms with Crippen molar-refractivity contribution in [3.05, 3.63) is 34.3 Å². The van der Waals surface area contributed by atoms with Crippen LogP contribution in [0.5, 0.6) is 0 Å². The van der Waals surface area contributed by atoms with Crippen LogP contribution in [0.15, 0.2) is 28.7 Å². The van der Waals surface area contributed by atoms with Crippen LogP contribution < -0.4 is 5.73 Å². The van der Waals surface area contributed by atoms with Crippen molar-refractivity contribution in [1.29, 1.82) is 0 Å². The molecule has 1 saturated heterocycles. The fourth-order valence-electron chi connectivity index (χ4n) is 3.20. The Kier molecular flexibility index (Phi) is 5.24. The molecular formula is C16H26BrN3. The average Bonchev–Trinajstić information content (AvgIpc) is 2.38. The molecule has 0 amide bonds. The number of rotatable bonds is 3. The molecule has 4 atom stereocenters. The Labute approximate surface area is 131 Å². The van der Waals surface area contributed by atoms with Gasteiger partial charge in [-0.1, -0.05) is 34.1 Å². The summed E-state index contributed by atoms with van der Waals surface area (Å²) in [5, 5.41) is 0. The van der Waals surface area contributed by atoms with Gasteiger partial charge in [-0.25, -0.2) is 0 Å². The SMILES string of the molecule is CC(N)C(c1ccccc1Br)N1CC(C)N(C)C(C)C1. The molecular weight excluding hydrogens is 314 g/mol. The van der Waals surface area contributed by atoms with Gasteiger partial charge < -0.3 is 5.73 Å². The normalized spacial score (nSPS) is 28.3. The number of nitrogens with zero attached hydrogens (tertiary/aromatic N) is 2. The third kappa shape index (κ3) is 3.25. The maximum atomic E-state index is 6.32. The zero-order valence-corrected chi connectivity index (χ0v) is 14.5. The van der Waals surface area contributed by atoms with E-state index in [1.807, 2.05) is 0 Å². The summed E-state index contributed by atoms with van der Waals surface area (Å²) in [7, 11) is 2.21. The zero-order valence-electron chi connectivity index (χ0n) is 12.9. The van der Waals surface area contributed by atoms with E-state index in [0.717, 1.165) is 17.6 Å². The molecule has 3 nitrogen and oxygen atoms in total. The Bertz CT molecular complexity index is 437. The summed E-state index contributed by atoms with van der Waals surface area (Å²) in [5.74, 6) is 0. The maximum Gasteiger partial charge on any atom is 0.0508 e. The predicted molar refractivity (Wildman–Crippen MR) is 88.8 cm³/mol. The quantitative estimate of drug-likeness (QED) is 0.918. The van der Waals surface area contributed by atoms with Gasteiger partial charge in [0.05, 0.1) is 6.04 Å². The summed E-state index contributed by atoms with van der Waals surface area (Å²) >= 11 is 3.68. The number of piperazine rings is 1. The fraction of sp³-hybridized carbons (Fsp3) is 0.625. The molecule has 0 radical (unpaired) electrons. The molecule has 1 fully saturated rings. The number of hydrogen-bond donors (Lipinski definition) is 1. The Morgan fingerprint density at radius 2 is 1.75 bits per heavy atom. The van der Waals surface area contributed by atoms with Crippen LogP contribution >= 0.6 is 15.9 Å². The van der Waals surface area contributed by atoms with E-state index < -0.39 is 0 Å². The van der Waals surface area contributed by atoms with Crippen molar-refractivity contribution in [3.63, 3.8) is 0 Å². The summed E-state index contributed by atoms with van der Waals surface area (Å²) in [4.78, 5) is 4.99. The zero-order chi connectivity index (χ0) is 14.9. The van der Waals surface area contributed by atoms with Gasteiger partial charge in [-0.15, -0.1) is 0 Å². The lowest BCUT2D eigenvalue weighted by Gasteiger charge is -2.46. The monoisotopic (exact) mass is 339 g/mol. The highest BCUT2D eigenvalue weighted by Gasteiger charge is 2.33. The van der Waals surface area contributed by atoms with Crippen molar-refractivity contribution in [1.82, 2.24) is 9.80 Å². The van der Waals surface area contributed by atoms with E-state index in [0.29, 0.717) is 12.1 Å². The first-order valence-corrected chi connectivity index (χ1v) is 8.17. The van der Waals surface area contributed by atoms with Crippen molar-refractivity contribution in [2.24, 2.45) is 5.73 Å². The first kappa shape index (κ1) is 16.0. The minimum absolute atomic E-state index is 0.108. The van der Waals surface area contributed by atoms with E-state index in [1.54, 1.807) is 0 Å². The Morgan fingerprint density at radius 1 is 1.20 bits per heavy atom. The third-order valence-electron chi connectivity index (χ3n) is 4.50. The molecule has 4 unspecified atom stereocenters. The first-order valence-electron chi connectivity index (χ1n) is 7.37. The van der Waals surface area contributed by atoms with Gasteiger partial charge in [-0.2, -0.15) is 0 Å². The number of hydrogen-bond acceptors (Lipinski definition) is 3. The van der Waals surface area contributed by atoms with Crippen molar-refractivity contribution in [2.75, 3.05) is 20.1 Å². The van der Waals surface area contributed by atoms with Gasteiger partial charge in [-0.3, -0.25) is 9.80 Å². The average molecular weight is 340 g/mol. The molecule has 0 aromatic heterocycles. The molecule has 0 bridgehead atoms. The minimum atomic E-state index is 0.108. The standard InChI is InChI=1S/C16H26BrN3/c1-11-9-20(10-12(2)19(11)4)16(13(3)18)14-7-5-6-8-15(14)17/h5-8,11-13,16H,9-10,18H2,1-4H3. The van der Waals surface area contributed by atoms with Crippen LogP contribution in [-0.4, -0.2) is 48.1 Å². The van der Waals surface area contributed by atoms with E-state index >= 15 is 0 Å². The highest BCUT2D eigenvalue weighted by Crippen LogP contribution is 2.32. The third-order valence-corrected chi connectivity index (χ3v) is 5.23. The second-order valence-electron chi connectivity index (χ2n) is 6.14. The van der Waals surface area contributed by atoms with Crippen molar-refractivity contribution < 1.29 is 0 Å². The molecule has 0 saturated carbocycles. The molecule has 20 heavy (non-hydrogen) atoms. The van der Waals surface area contributed by atoms with E-state index in [-0.39, 0.29) is 12.1 Å². The van der Waals surface area contributed by atoms with Gasteiger partial charge in [0, 0.05) is 35.7 Å². The second-order valence-corrected chi connectivity index (χ2v) is 7.00. The van der Waals surface area contributed by atoms with Crippen LogP contribution in [0.4, 0.5) is 0 Å². The van der Waals surface area contributed by atoms with Crippen LogP contribution in [0.1, 0.15) is 32.4 Å². The van der Waals surface area contributed by atoms with Crippen LogP contribution in [0.25, 0.3) is 0 Å². The van der Waals surface area contributed by atoms with Gasteiger partial charge in [0.15, 0.2) is 0 Å². The van der Waals surface area contributed by atoms with Crippen molar-refractivity contribution in [3.8, 4) is 0 Å². The van der Waals surface area contributed by atoms with Crippen LogP contribution in [0.3, 0.4) is 0 Å². The lowest BCUT2D eigenvalue weighted by Crippen LogP contribution is -2.57. The molecule has 0 spiro atoms. The van der Waals surface area contributed by atoms with E-state index in [1.165, 1.54) is 5.56 Å². The number of halogens is 1. The number of likely N-dealkylation sites (N-methyl/N-ethyl adjacent to an activating group) is 1. The molecule has 0 aliphatic carbocycles. The first-order chi connectivity index (χ1) is 9.41. The largest absolute Gasteiger partial charge is 0.326 e. The van der Waals surface area contributed by atoms with Gasteiger partial charge in [-0.05, 0) is 39.4 Å². The molecule has 112 valence electrons. The highest BCUT2D eigenvalue weighted by molar-refractivity contribution is 9.10.